The van der Waals surface area contributed by atoms with Gasteiger partial charge >= 0.3 is 6.03 Å². The molecule has 1 aromatic heterocycles. The number of phenolic OH excluding ortho intramolecular Hbond substituents is 1. The van der Waals surface area contributed by atoms with Gasteiger partial charge in [0.15, 0.2) is 5.75 Å². The van der Waals surface area contributed by atoms with Crippen molar-refractivity contribution in [3.63, 3.8) is 0 Å². The number of nitrogens with zero attached hydrogens (tertiary/aromatic N) is 1. The van der Waals surface area contributed by atoms with E-state index in [0.29, 0.717) is 6.54 Å². The average molecular weight is 360 g/mol. The molecular formula is C17H11Cl2N3O2. The summed E-state index contributed by atoms with van der Waals surface area (Å²) in [6.07, 6.45) is 1.75. The Morgan fingerprint density at radius 1 is 1.08 bits per heavy atom. The van der Waals surface area contributed by atoms with Crippen molar-refractivity contribution in [2.24, 2.45) is 0 Å². The van der Waals surface area contributed by atoms with E-state index in [9.17, 15) is 9.90 Å². The quantitative estimate of drug-likeness (QED) is 0.596. The highest BCUT2D eigenvalue weighted by molar-refractivity contribution is 6.37. The highest BCUT2D eigenvalue weighted by Gasteiger charge is 2.18. The van der Waals surface area contributed by atoms with E-state index in [-0.39, 0.29) is 21.8 Å². The number of nitrogens with one attached hydrogen (secondary N) is 2. The van der Waals surface area contributed by atoms with E-state index < -0.39 is 0 Å². The van der Waals surface area contributed by atoms with Gasteiger partial charge in [-0.3, -0.25) is 4.98 Å². The second kappa shape index (κ2) is 5.54. The first-order valence-corrected chi connectivity index (χ1v) is 7.93. The van der Waals surface area contributed by atoms with Crippen LogP contribution in [0.5, 0.6) is 5.75 Å². The molecule has 0 radical (unpaired) electrons. The molecule has 4 rings (SSSR count). The molecule has 0 saturated heterocycles. The fraction of sp³-hybridized carbons (Fsp3) is 0.0588. The van der Waals surface area contributed by atoms with Gasteiger partial charge < -0.3 is 15.7 Å². The number of benzene rings is 2. The van der Waals surface area contributed by atoms with Crippen LogP contribution < -0.4 is 10.6 Å². The summed E-state index contributed by atoms with van der Waals surface area (Å²) in [5.41, 5.74) is 4.06. The van der Waals surface area contributed by atoms with Crippen LogP contribution in [0.15, 0.2) is 36.5 Å². The van der Waals surface area contributed by atoms with Crippen LogP contribution in [0.3, 0.4) is 0 Å². The van der Waals surface area contributed by atoms with E-state index in [2.05, 4.69) is 15.6 Å². The summed E-state index contributed by atoms with van der Waals surface area (Å²) < 4.78 is 0. The number of hydrogen-bond acceptors (Lipinski definition) is 3. The van der Waals surface area contributed by atoms with Gasteiger partial charge in [0.1, 0.15) is 0 Å². The molecule has 2 aromatic carbocycles. The maximum Gasteiger partial charge on any atom is 0.319 e. The lowest BCUT2D eigenvalue weighted by Crippen LogP contribution is -2.33. The standard InChI is InChI=1S/C17H11Cl2N3O2/c18-12-4-9(5-13(19)16(12)23)8-1-2-14-11(3-8)15-10(6-20-14)7-21-17(24)22-15/h1-6,23H,7H2,(H2,21,22,24). The number of pyridine rings is 1. The third-order valence-corrected chi connectivity index (χ3v) is 4.55. The summed E-state index contributed by atoms with van der Waals surface area (Å²) in [5, 5.41) is 16.5. The minimum Gasteiger partial charge on any atom is -0.505 e. The third-order valence-electron chi connectivity index (χ3n) is 3.97. The normalized spacial score (nSPS) is 13.3. The van der Waals surface area contributed by atoms with E-state index in [1.54, 1.807) is 18.3 Å². The zero-order valence-electron chi connectivity index (χ0n) is 12.2. The molecule has 5 nitrogen and oxygen atoms in total. The SMILES string of the molecule is O=C1NCc2cnc3ccc(-c4cc(Cl)c(O)c(Cl)c4)cc3c2N1. The Bertz CT molecular complexity index is 982. The Balaban J connectivity index is 1.92. The van der Waals surface area contributed by atoms with Crippen LogP contribution in [0.2, 0.25) is 10.0 Å². The van der Waals surface area contributed by atoms with Crippen molar-refractivity contribution in [1.29, 1.82) is 0 Å². The molecule has 3 aromatic rings. The lowest BCUT2D eigenvalue weighted by molar-refractivity contribution is 0.251. The molecule has 1 aliphatic heterocycles. The summed E-state index contributed by atoms with van der Waals surface area (Å²) >= 11 is 12.0. The van der Waals surface area contributed by atoms with Gasteiger partial charge in [0.25, 0.3) is 0 Å². The molecule has 0 saturated carbocycles. The van der Waals surface area contributed by atoms with Crippen molar-refractivity contribution in [3.8, 4) is 16.9 Å². The highest BCUT2D eigenvalue weighted by atomic mass is 35.5. The maximum absolute atomic E-state index is 11.6. The first-order chi connectivity index (χ1) is 11.5. The molecule has 0 spiro atoms. The van der Waals surface area contributed by atoms with Gasteiger partial charge in [0.2, 0.25) is 0 Å². The third kappa shape index (κ3) is 2.42. The Hall–Kier alpha value is -2.50. The van der Waals surface area contributed by atoms with Crippen LogP contribution in [-0.2, 0) is 6.54 Å². The van der Waals surface area contributed by atoms with Gasteiger partial charge in [-0.05, 0) is 35.4 Å². The lowest BCUT2D eigenvalue weighted by Gasteiger charge is -2.20. The second-order valence-corrected chi connectivity index (χ2v) is 6.30. The van der Waals surface area contributed by atoms with Crippen LogP contribution in [0.4, 0.5) is 10.5 Å². The number of aromatic hydroxyl groups is 1. The van der Waals surface area contributed by atoms with Crippen LogP contribution in [0.1, 0.15) is 5.56 Å². The largest absolute Gasteiger partial charge is 0.505 e. The number of anilines is 1. The highest BCUT2D eigenvalue weighted by Crippen LogP contribution is 2.38. The molecule has 2 heterocycles. The summed E-state index contributed by atoms with van der Waals surface area (Å²) in [6, 6.07) is 8.74. The number of halogens is 2. The Labute approximate surface area is 147 Å². The minimum absolute atomic E-state index is 0.139. The van der Waals surface area contributed by atoms with Gasteiger partial charge in [-0.2, -0.15) is 0 Å². The predicted molar refractivity (Wildman–Crippen MR) is 94.7 cm³/mol. The van der Waals surface area contributed by atoms with Crippen molar-refractivity contribution in [2.45, 2.75) is 6.54 Å². The average Bonchev–Trinajstić information content (AvgIpc) is 2.58. The fourth-order valence-corrected chi connectivity index (χ4v) is 3.25. The van der Waals surface area contributed by atoms with Crippen LogP contribution in [0, 0.1) is 0 Å². The van der Waals surface area contributed by atoms with E-state index in [1.807, 2.05) is 18.2 Å². The minimum atomic E-state index is -0.240. The van der Waals surface area contributed by atoms with E-state index in [4.69, 9.17) is 23.2 Å². The van der Waals surface area contributed by atoms with Gasteiger partial charge in [-0.15, -0.1) is 0 Å². The van der Waals surface area contributed by atoms with Crippen molar-refractivity contribution in [2.75, 3.05) is 5.32 Å². The van der Waals surface area contributed by atoms with E-state index in [0.717, 1.165) is 33.3 Å². The number of hydrogen-bond donors (Lipinski definition) is 3. The number of urea groups is 1. The smallest absolute Gasteiger partial charge is 0.319 e. The summed E-state index contributed by atoms with van der Waals surface area (Å²) in [7, 11) is 0. The molecule has 3 N–H and O–H groups in total. The summed E-state index contributed by atoms with van der Waals surface area (Å²) in [5.74, 6) is -0.139. The molecule has 0 aliphatic carbocycles. The predicted octanol–water partition coefficient (Wildman–Crippen LogP) is 4.55. The molecule has 1 aliphatic rings. The fourth-order valence-electron chi connectivity index (χ4n) is 2.76. The summed E-state index contributed by atoms with van der Waals surface area (Å²) in [6.45, 7) is 0.436. The molecule has 24 heavy (non-hydrogen) atoms. The van der Waals surface area contributed by atoms with Gasteiger partial charge in [0.05, 0.1) is 21.2 Å². The van der Waals surface area contributed by atoms with Gasteiger partial charge in [-0.1, -0.05) is 29.3 Å². The Morgan fingerprint density at radius 3 is 2.58 bits per heavy atom. The van der Waals surface area contributed by atoms with Crippen LogP contribution in [-0.4, -0.2) is 16.1 Å². The molecule has 0 atom stereocenters. The number of phenols is 1. The van der Waals surface area contributed by atoms with E-state index in [1.165, 1.54) is 0 Å². The number of fused-ring (bicyclic) bond motifs is 3. The second-order valence-electron chi connectivity index (χ2n) is 5.49. The molecule has 0 unspecified atom stereocenters. The zero-order valence-corrected chi connectivity index (χ0v) is 13.7. The topological polar surface area (TPSA) is 74.2 Å². The van der Waals surface area contributed by atoms with Gasteiger partial charge in [0, 0.05) is 23.7 Å². The monoisotopic (exact) mass is 359 g/mol. The van der Waals surface area contributed by atoms with Crippen LogP contribution in [0.25, 0.3) is 22.0 Å². The molecule has 0 bridgehead atoms. The lowest BCUT2D eigenvalue weighted by atomic mass is 10.0. The van der Waals surface area contributed by atoms with Crippen molar-refractivity contribution >= 4 is 45.8 Å². The molecule has 0 fully saturated rings. The molecular weight excluding hydrogens is 349 g/mol. The molecule has 2 amide bonds. The van der Waals surface area contributed by atoms with Crippen molar-refractivity contribution in [3.05, 3.63) is 52.1 Å². The Morgan fingerprint density at radius 2 is 1.83 bits per heavy atom. The number of carbonyl (C=O) groups excluding carboxylic acids is 1. The van der Waals surface area contributed by atoms with E-state index >= 15 is 0 Å². The Kier molecular flexibility index (Phi) is 3.48. The number of carbonyl (C=O) groups is 1. The maximum atomic E-state index is 11.6. The molecule has 120 valence electrons. The summed E-state index contributed by atoms with van der Waals surface area (Å²) in [4.78, 5) is 16.1. The van der Waals surface area contributed by atoms with Gasteiger partial charge in [-0.25, -0.2) is 4.79 Å². The first-order valence-electron chi connectivity index (χ1n) is 7.18. The van der Waals surface area contributed by atoms with Crippen molar-refractivity contribution in [1.82, 2.24) is 10.3 Å². The number of rotatable bonds is 1. The van der Waals surface area contributed by atoms with Crippen LogP contribution >= 0.6 is 23.2 Å². The number of amides is 2. The zero-order chi connectivity index (χ0) is 16.8. The number of aromatic nitrogens is 1. The van der Waals surface area contributed by atoms with Crippen molar-refractivity contribution < 1.29 is 9.90 Å². The molecule has 7 heteroatoms. The first kappa shape index (κ1) is 15.1.